The zero-order valence-electron chi connectivity index (χ0n) is 9.68. The van der Waals surface area contributed by atoms with Crippen molar-refractivity contribution in [2.75, 3.05) is 5.32 Å². The van der Waals surface area contributed by atoms with Crippen molar-refractivity contribution in [3.63, 3.8) is 0 Å². The minimum absolute atomic E-state index is 0.0124. The average Bonchev–Trinajstić information content (AvgIpc) is 2.94. The highest BCUT2D eigenvalue weighted by molar-refractivity contribution is 7.08. The predicted molar refractivity (Wildman–Crippen MR) is 66.6 cm³/mol. The maximum absolute atomic E-state index is 13.0. The van der Waals surface area contributed by atoms with Crippen molar-refractivity contribution in [3.05, 3.63) is 34.6 Å². The Morgan fingerprint density at radius 1 is 1.47 bits per heavy atom. The predicted octanol–water partition coefficient (Wildman–Crippen LogP) is 2.38. The van der Waals surface area contributed by atoms with Crippen LogP contribution in [0.3, 0.4) is 0 Å². The molecular formula is C11H7FN4O2S. The zero-order valence-corrected chi connectivity index (χ0v) is 10.5. The van der Waals surface area contributed by atoms with Crippen LogP contribution >= 0.6 is 11.5 Å². The SMILES string of the molecule is Cc1nnsc1C(=O)Nc1nc2cc(F)ccc2o1. The lowest BCUT2D eigenvalue weighted by molar-refractivity contribution is 0.102. The Balaban J connectivity index is 1.89. The fraction of sp³-hybridized carbons (Fsp3) is 0.0909. The van der Waals surface area contributed by atoms with E-state index in [1.165, 1.54) is 18.2 Å². The van der Waals surface area contributed by atoms with Crippen LogP contribution in [0.15, 0.2) is 22.6 Å². The molecule has 0 atom stereocenters. The first kappa shape index (κ1) is 11.7. The van der Waals surface area contributed by atoms with E-state index in [1.54, 1.807) is 6.92 Å². The highest BCUT2D eigenvalue weighted by Crippen LogP contribution is 2.20. The van der Waals surface area contributed by atoms with Gasteiger partial charge in [0, 0.05) is 6.07 Å². The molecule has 8 heteroatoms. The molecule has 0 bridgehead atoms. The summed E-state index contributed by atoms with van der Waals surface area (Å²) in [5.74, 6) is -0.819. The summed E-state index contributed by atoms with van der Waals surface area (Å²) in [4.78, 5) is 16.2. The molecule has 1 amide bonds. The molecule has 2 heterocycles. The lowest BCUT2D eigenvalue weighted by Gasteiger charge is -1.96. The number of hydrogen-bond donors (Lipinski definition) is 1. The Hall–Kier alpha value is -2.35. The molecule has 19 heavy (non-hydrogen) atoms. The first-order valence-corrected chi connectivity index (χ1v) is 6.07. The molecule has 1 aromatic carbocycles. The molecular weight excluding hydrogens is 271 g/mol. The van der Waals surface area contributed by atoms with Gasteiger partial charge in [-0.2, -0.15) is 4.98 Å². The topological polar surface area (TPSA) is 80.9 Å². The van der Waals surface area contributed by atoms with Gasteiger partial charge < -0.3 is 4.42 Å². The monoisotopic (exact) mass is 278 g/mol. The van der Waals surface area contributed by atoms with E-state index in [0.29, 0.717) is 21.7 Å². The molecule has 96 valence electrons. The second-order valence-corrected chi connectivity index (χ2v) is 4.53. The standard InChI is InChI=1S/C11H7FN4O2S/c1-5-9(19-16-15-5)10(17)14-11-13-7-4-6(12)2-3-8(7)18-11/h2-4H,1H3,(H,13,14,17). The van der Waals surface area contributed by atoms with Crippen LogP contribution in [-0.2, 0) is 0 Å². The summed E-state index contributed by atoms with van der Waals surface area (Å²) in [6, 6.07) is 3.95. The summed E-state index contributed by atoms with van der Waals surface area (Å²) in [5, 5.41) is 6.23. The molecule has 0 saturated carbocycles. The van der Waals surface area contributed by atoms with Crippen LogP contribution in [0, 0.1) is 12.7 Å². The van der Waals surface area contributed by atoms with Crippen molar-refractivity contribution in [3.8, 4) is 0 Å². The number of nitrogens with zero attached hydrogens (tertiary/aromatic N) is 3. The van der Waals surface area contributed by atoms with Crippen LogP contribution in [-0.4, -0.2) is 20.5 Å². The van der Waals surface area contributed by atoms with E-state index in [0.717, 1.165) is 11.5 Å². The van der Waals surface area contributed by atoms with Gasteiger partial charge in [-0.05, 0) is 30.6 Å². The number of benzene rings is 1. The molecule has 0 unspecified atom stereocenters. The Morgan fingerprint density at radius 2 is 2.32 bits per heavy atom. The van der Waals surface area contributed by atoms with Crippen LogP contribution in [0.2, 0.25) is 0 Å². The minimum atomic E-state index is -0.416. The Morgan fingerprint density at radius 3 is 3.05 bits per heavy atom. The average molecular weight is 278 g/mol. The number of aryl methyl sites for hydroxylation is 1. The number of rotatable bonds is 2. The molecule has 3 rings (SSSR count). The molecule has 0 radical (unpaired) electrons. The van der Waals surface area contributed by atoms with Gasteiger partial charge in [-0.15, -0.1) is 5.10 Å². The summed E-state index contributed by atoms with van der Waals surface area (Å²) in [5.41, 5.74) is 1.27. The summed E-state index contributed by atoms with van der Waals surface area (Å²) in [6.07, 6.45) is 0. The number of anilines is 1. The second kappa shape index (κ2) is 4.39. The summed E-state index contributed by atoms with van der Waals surface area (Å²) < 4.78 is 22.0. The van der Waals surface area contributed by atoms with Crippen molar-refractivity contribution in [1.82, 2.24) is 14.6 Å². The largest absolute Gasteiger partial charge is 0.423 e. The van der Waals surface area contributed by atoms with Gasteiger partial charge in [0.25, 0.3) is 5.91 Å². The third-order valence-corrected chi connectivity index (χ3v) is 3.25. The van der Waals surface area contributed by atoms with Gasteiger partial charge in [0.15, 0.2) is 5.58 Å². The van der Waals surface area contributed by atoms with Crippen molar-refractivity contribution >= 4 is 34.6 Å². The van der Waals surface area contributed by atoms with Crippen molar-refractivity contribution in [1.29, 1.82) is 0 Å². The van der Waals surface area contributed by atoms with Crippen molar-refractivity contribution in [2.24, 2.45) is 0 Å². The highest BCUT2D eigenvalue weighted by Gasteiger charge is 2.16. The first-order valence-electron chi connectivity index (χ1n) is 5.30. The van der Waals surface area contributed by atoms with Crippen LogP contribution in [0.5, 0.6) is 0 Å². The van der Waals surface area contributed by atoms with Crippen LogP contribution in [0.1, 0.15) is 15.4 Å². The van der Waals surface area contributed by atoms with Crippen LogP contribution in [0.4, 0.5) is 10.4 Å². The lowest BCUT2D eigenvalue weighted by atomic mass is 10.3. The molecule has 1 N–H and O–H groups in total. The first-order chi connectivity index (χ1) is 9.13. The smallest absolute Gasteiger partial charge is 0.302 e. The number of carbonyl (C=O) groups is 1. The Labute approximate surface area is 110 Å². The summed E-state index contributed by atoms with van der Waals surface area (Å²) in [6.45, 7) is 1.68. The lowest BCUT2D eigenvalue weighted by Crippen LogP contribution is -2.11. The molecule has 0 aliphatic carbocycles. The maximum atomic E-state index is 13.0. The third-order valence-electron chi connectivity index (χ3n) is 2.43. The number of nitrogens with one attached hydrogen (secondary N) is 1. The van der Waals surface area contributed by atoms with Gasteiger partial charge in [0.05, 0.1) is 5.69 Å². The molecule has 0 aliphatic heterocycles. The number of hydrogen-bond acceptors (Lipinski definition) is 6. The normalized spacial score (nSPS) is 10.8. The molecule has 0 spiro atoms. The zero-order chi connectivity index (χ0) is 13.4. The molecule has 3 aromatic rings. The van der Waals surface area contributed by atoms with E-state index in [2.05, 4.69) is 19.9 Å². The van der Waals surface area contributed by atoms with Crippen LogP contribution in [0.25, 0.3) is 11.1 Å². The quantitative estimate of drug-likeness (QED) is 0.778. The van der Waals surface area contributed by atoms with Gasteiger partial charge in [0.2, 0.25) is 0 Å². The molecule has 0 aliphatic rings. The summed E-state index contributed by atoms with van der Waals surface area (Å²) in [7, 11) is 0. The highest BCUT2D eigenvalue weighted by atomic mass is 32.1. The fourth-order valence-electron chi connectivity index (χ4n) is 1.55. The van der Waals surface area contributed by atoms with Gasteiger partial charge in [-0.3, -0.25) is 10.1 Å². The number of carbonyl (C=O) groups excluding carboxylic acids is 1. The van der Waals surface area contributed by atoms with Gasteiger partial charge in [-0.1, -0.05) is 4.49 Å². The van der Waals surface area contributed by atoms with E-state index in [-0.39, 0.29) is 6.01 Å². The maximum Gasteiger partial charge on any atom is 0.302 e. The third kappa shape index (κ3) is 2.17. The number of oxazole rings is 1. The van der Waals surface area contributed by atoms with E-state index in [9.17, 15) is 9.18 Å². The van der Waals surface area contributed by atoms with Crippen LogP contribution < -0.4 is 5.32 Å². The Bertz CT molecular complexity index is 767. The molecule has 2 aromatic heterocycles. The minimum Gasteiger partial charge on any atom is -0.423 e. The number of fused-ring (bicyclic) bond motifs is 1. The van der Waals surface area contributed by atoms with Gasteiger partial charge in [-0.25, -0.2) is 4.39 Å². The van der Waals surface area contributed by atoms with Crippen molar-refractivity contribution in [2.45, 2.75) is 6.92 Å². The van der Waals surface area contributed by atoms with E-state index in [1.807, 2.05) is 0 Å². The number of amides is 1. The van der Waals surface area contributed by atoms with E-state index >= 15 is 0 Å². The number of halogens is 1. The summed E-state index contributed by atoms with van der Waals surface area (Å²) >= 11 is 0.984. The van der Waals surface area contributed by atoms with E-state index < -0.39 is 11.7 Å². The van der Waals surface area contributed by atoms with Crippen molar-refractivity contribution < 1.29 is 13.6 Å². The number of aromatic nitrogens is 3. The molecule has 0 fully saturated rings. The Kier molecular flexibility index (Phi) is 2.71. The fourth-order valence-corrected chi connectivity index (χ4v) is 2.10. The molecule has 0 saturated heterocycles. The second-order valence-electron chi connectivity index (χ2n) is 3.77. The van der Waals surface area contributed by atoms with E-state index in [4.69, 9.17) is 4.42 Å². The van der Waals surface area contributed by atoms with Gasteiger partial charge in [0.1, 0.15) is 16.2 Å². The molecule has 6 nitrogen and oxygen atoms in total. The van der Waals surface area contributed by atoms with Gasteiger partial charge >= 0.3 is 6.01 Å².